The lowest BCUT2D eigenvalue weighted by Crippen LogP contribution is -1.94. The van der Waals surface area contributed by atoms with E-state index in [2.05, 4.69) is 24.9 Å². The van der Waals surface area contributed by atoms with Crippen LogP contribution in [0.4, 0.5) is 0 Å². The van der Waals surface area contributed by atoms with Crippen LogP contribution >= 0.6 is 0 Å². The molecule has 0 aromatic carbocycles. The van der Waals surface area contributed by atoms with Crippen molar-refractivity contribution in [1.82, 2.24) is 5.32 Å². The maximum Gasteiger partial charge on any atom is 0.00276 e. The summed E-state index contributed by atoms with van der Waals surface area (Å²) >= 11 is 0. The number of rotatable bonds is 4. The first-order valence-corrected chi connectivity index (χ1v) is 3.26. The molecule has 0 spiro atoms. The molecule has 1 heteroatoms. The van der Waals surface area contributed by atoms with Crippen LogP contribution in [0.3, 0.4) is 0 Å². The van der Waals surface area contributed by atoms with Gasteiger partial charge in [-0.05, 0) is 18.5 Å². The SMILES string of the molecule is C=CCC(C)/C=C/NC. The number of hydrogen-bond donors (Lipinski definition) is 1. The summed E-state index contributed by atoms with van der Waals surface area (Å²) in [6.07, 6.45) is 7.07. The van der Waals surface area contributed by atoms with Crippen molar-refractivity contribution in [3.05, 3.63) is 24.9 Å². The summed E-state index contributed by atoms with van der Waals surface area (Å²) in [6, 6.07) is 0. The molecule has 0 amide bonds. The lowest BCUT2D eigenvalue weighted by Gasteiger charge is -1.98. The van der Waals surface area contributed by atoms with Crippen LogP contribution in [0.2, 0.25) is 0 Å². The largest absolute Gasteiger partial charge is 0.394 e. The van der Waals surface area contributed by atoms with Gasteiger partial charge in [-0.25, -0.2) is 0 Å². The van der Waals surface area contributed by atoms with E-state index in [1.807, 2.05) is 19.3 Å². The first kappa shape index (κ1) is 8.28. The van der Waals surface area contributed by atoms with Crippen LogP contribution in [-0.4, -0.2) is 7.05 Å². The van der Waals surface area contributed by atoms with Gasteiger partial charge < -0.3 is 5.32 Å². The van der Waals surface area contributed by atoms with E-state index in [0.29, 0.717) is 5.92 Å². The minimum atomic E-state index is 0.606. The summed E-state index contributed by atoms with van der Waals surface area (Å²) in [5, 5.41) is 2.94. The molecule has 1 unspecified atom stereocenters. The Bertz CT molecular complexity index is 94.7. The van der Waals surface area contributed by atoms with E-state index >= 15 is 0 Å². The smallest absolute Gasteiger partial charge is 0.00276 e. The maximum absolute atomic E-state index is 3.65. The summed E-state index contributed by atoms with van der Waals surface area (Å²) in [5.74, 6) is 0.606. The van der Waals surface area contributed by atoms with Gasteiger partial charge in [0.15, 0.2) is 0 Å². The lowest BCUT2D eigenvalue weighted by atomic mass is 10.1. The molecule has 0 saturated heterocycles. The van der Waals surface area contributed by atoms with Crippen LogP contribution in [0.15, 0.2) is 24.9 Å². The number of allylic oxidation sites excluding steroid dienone is 2. The minimum absolute atomic E-state index is 0.606. The van der Waals surface area contributed by atoms with E-state index in [1.54, 1.807) is 0 Å². The molecular formula is C8H15N. The van der Waals surface area contributed by atoms with Gasteiger partial charge in [0, 0.05) is 7.05 Å². The van der Waals surface area contributed by atoms with Gasteiger partial charge in [-0.1, -0.05) is 19.1 Å². The van der Waals surface area contributed by atoms with E-state index < -0.39 is 0 Å². The number of nitrogens with one attached hydrogen (secondary N) is 1. The molecule has 0 aliphatic carbocycles. The molecule has 0 aliphatic rings. The molecule has 0 rings (SSSR count). The normalized spacial score (nSPS) is 13.6. The third kappa shape index (κ3) is 5.15. The minimum Gasteiger partial charge on any atom is -0.394 e. The zero-order valence-electron chi connectivity index (χ0n) is 6.22. The predicted octanol–water partition coefficient (Wildman–Crippen LogP) is 1.93. The molecule has 0 heterocycles. The highest BCUT2D eigenvalue weighted by Crippen LogP contribution is 2.01. The summed E-state index contributed by atoms with van der Waals surface area (Å²) in [6.45, 7) is 5.82. The van der Waals surface area contributed by atoms with Gasteiger partial charge in [-0.2, -0.15) is 0 Å². The van der Waals surface area contributed by atoms with Crippen molar-refractivity contribution in [3.8, 4) is 0 Å². The Kier molecular flexibility index (Phi) is 4.98. The molecule has 1 N–H and O–H groups in total. The van der Waals surface area contributed by atoms with Gasteiger partial charge in [0.05, 0.1) is 0 Å². The van der Waals surface area contributed by atoms with Crippen LogP contribution < -0.4 is 5.32 Å². The zero-order chi connectivity index (χ0) is 7.11. The fraction of sp³-hybridized carbons (Fsp3) is 0.500. The molecule has 1 nitrogen and oxygen atoms in total. The predicted molar refractivity (Wildman–Crippen MR) is 42.2 cm³/mol. The van der Waals surface area contributed by atoms with Crippen molar-refractivity contribution in [2.45, 2.75) is 13.3 Å². The van der Waals surface area contributed by atoms with Gasteiger partial charge >= 0.3 is 0 Å². The standard InChI is InChI=1S/C8H15N/c1-4-5-8(2)6-7-9-3/h4,6-9H,1,5H2,2-3H3/b7-6+. The Balaban J connectivity index is 3.35. The zero-order valence-corrected chi connectivity index (χ0v) is 6.22. The van der Waals surface area contributed by atoms with Crippen molar-refractivity contribution in [2.24, 2.45) is 5.92 Å². The average Bonchev–Trinajstić information content (AvgIpc) is 1.85. The third-order valence-electron chi connectivity index (χ3n) is 1.13. The van der Waals surface area contributed by atoms with Gasteiger partial charge in [-0.3, -0.25) is 0 Å². The molecule has 52 valence electrons. The fourth-order valence-electron chi connectivity index (χ4n) is 0.602. The quantitative estimate of drug-likeness (QED) is 0.566. The second-order valence-electron chi connectivity index (χ2n) is 2.15. The Morgan fingerprint density at radius 1 is 1.67 bits per heavy atom. The van der Waals surface area contributed by atoms with Crippen molar-refractivity contribution < 1.29 is 0 Å². The van der Waals surface area contributed by atoms with Crippen molar-refractivity contribution >= 4 is 0 Å². The Hall–Kier alpha value is -0.720. The molecule has 0 aromatic rings. The highest BCUT2D eigenvalue weighted by Gasteiger charge is 1.89. The van der Waals surface area contributed by atoms with Gasteiger partial charge in [-0.15, -0.1) is 6.58 Å². The molecule has 0 aliphatic heterocycles. The van der Waals surface area contributed by atoms with E-state index in [4.69, 9.17) is 0 Å². The maximum atomic E-state index is 3.65. The molecular weight excluding hydrogens is 110 g/mol. The molecule has 9 heavy (non-hydrogen) atoms. The Morgan fingerprint density at radius 3 is 2.78 bits per heavy atom. The Morgan fingerprint density at radius 2 is 2.33 bits per heavy atom. The van der Waals surface area contributed by atoms with E-state index in [1.165, 1.54) is 0 Å². The summed E-state index contributed by atoms with van der Waals surface area (Å²) < 4.78 is 0. The lowest BCUT2D eigenvalue weighted by molar-refractivity contribution is 0.739. The molecule has 0 saturated carbocycles. The topological polar surface area (TPSA) is 12.0 Å². The van der Waals surface area contributed by atoms with Crippen LogP contribution in [0.5, 0.6) is 0 Å². The van der Waals surface area contributed by atoms with Crippen molar-refractivity contribution in [2.75, 3.05) is 7.05 Å². The molecule has 0 fully saturated rings. The first-order chi connectivity index (χ1) is 4.31. The fourth-order valence-corrected chi connectivity index (χ4v) is 0.602. The second-order valence-corrected chi connectivity index (χ2v) is 2.15. The summed E-state index contributed by atoms with van der Waals surface area (Å²) in [4.78, 5) is 0. The van der Waals surface area contributed by atoms with E-state index in [0.717, 1.165) is 6.42 Å². The summed E-state index contributed by atoms with van der Waals surface area (Å²) in [5.41, 5.74) is 0. The highest BCUT2D eigenvalue weighted by atomic mass is 14.8. The first-order valence-electron chi connectivity index (χ1n) is 3.26. The monoisotopic (exact) mass is 125 g/mol. The third-order valence-corrected chi connectivity index (χ3v) is 1.13. The van der Waals surface area contributed by atoms with Crippen LogP contribution in [-0.2, 0) is 0 Å². The van der Waals surface area contributed by atoms with Crippen molar-refractivity contribution in [1.29, 1.82) is 0 Å². The number of hydrogen-bond acceptors (Lipinski definition) is 1. The highest BCUT2D eigenvalue weighted by molar-refractivity contribution is 4.87. The Labute approximate surface area is 57.5 Å². The molecule has 0 aromatic heterocycles. The van der Waals surface area contributed by atoms with Gasteiger partial charge in [0.1, 0.15) is 0 Å². The van der Waals surface area contributed by atoms with Crippen molar-refractivity contribution in [3.63, 3.8) is 0 Å². The van der Waals surface area contributed by atoms with E-state index in [-0.39, 0.29) is 0 Å². The van der Waals surface area contributed by atoms with Crippen LogP contribution in [0, 0.1) is 5.92 Å². The summed E-state index contributed by atoms with van der Waals surface area (Å²) in [7, 11) is 1.90. The van der Waals surface area contributed by atoms with Crippen LogP contribution in [0.25, 0.3) is 0 Å². The molecule has 0 radical (unpaired) electrons. The van der Waals surface area contributed by atoms with Gasteiger partial charge in [0.2, 0.25) is 0 Å². The average molecular weight is 125 g/mol. The van der Waals surface area contributed by atoms with Crippen LogP contribution in [0.1, 0.15) is 13.3 Å². The molecule has 0 bridgehead atoms. The van der Waals surface area contributed by atoms with E-state index in [9.17, 15) is 0 Å². The van der Waals surface area contributed by atoms with Gasteiger partial charge in [0.25, 0.3) is 0 Å². The molecule has 1 atom stereocenters. The second kappa shape index (κ2) is 5.42.